The molecule has 1 fully saturated rings. The highest BCUT2D eigenvalue weighted by molar-refractivity contribution is 5.75. The first-order valence-corrected chi connectivity index (χ1v) is 9.62. The summed E-state index contributed by atoms with van der Waals surface area (Å²) in [4.78, 5) is 17.1. The van der Waals surface area contributed by atoms with E-state index in [0.29, 0.717) is 0 Å². The number of piperazine rings is 1. The molecule has 0 spiro atoms. The zero-order valence-corrected chi connectivity index (χ0v) is 16.0. The number of urea groups is 1. The number of carbonyl (C=O) groups excluding carboxylic acids is 1. The van der Waals surface area contributed by atoms with Crippen molar-refractivity contribution in [1.82, 2.24) is 15.1 Å². The van der Waals surface area contributed by atoms with Crippen LogP contribution in [0.25, 0.3) is 0 Å². The number of nitrogens with zero attached hydrogens (tertiary/aromatic N) is 2. The highest BCUT2D eigenvalue weighted by atomic mass is 16.5. The minimum Gasteiger partial charge on any atom is -0.383 e. The van der Waals surface area contributed by atoms with Gasteiger partial charge in [-0.1, -0.05) is 60.7 Å². The molecule has 1 heterocycles. The average Bonchev–Trinajstić information content (AvgIpc) is 2.73. The minimum absolute atomic E-state index is 0.0196. The highest BCUT2D eigenvalue weighted by Gasteiger charge is 2.23. The van der Waals surface area contributed by atoms with E-state index in [0.717, 1.165) is 51.3 Å². The second-order valence-electron chi connectivity index (χ2n) is 6.92. The Morgan fingerprint density at radius 1 is 1.00 bits per heavy atom. The lowest BCUT2D eigenvalue weighted by atomic mass is 9.99. The zero-order valence-electron chi connectivity index (χ0n) is 16.0. The lowest BCUT2D eigenvalue weighted by molar-refractivity contribution is 0.105. The van der Waals surface area contributed by atoms with E-state index in [1.807, 2.05) is 41.3 Å². The maximum absolute atomic E-state index is 12.9. The summed E-state index contributed by atoms with van der Waals surface area (Å²) in [5.74, 6) is 0. The van der Waals surface area contributed by atoms with Crippen molar-refractivity contribution < 1.29 is 9.53 Å². The molecule has 1 aliphatic heterocycles. The van der Waals surface area contributed by atoms with Gasteiger partial charge in [-0.15, -0.1) is 0 Å². The number of hydrogen-bond acceptors (Lipinski definition) is 3. The first-order valence-electron chi connectivity index (χ1n) is 9.62. The van der Waals surface area contributed by atoms with Crippen molar-refractivity contribution in [3.05, 3.63) is 71.8 Å². The molecule has 1 atom stereocenters. The SMILES string of the molecule is COCCN1CCN(C(=O)N[C@@H](Cc2ccccc2)c2ccccc2)CC1. The maximum atomic E-state index is 12.9. The number of hydrogen-bond donors (Lipinski definition) is 1. The van der Waals surface area contributed by atoms with Crippen molar-refractivity contribution in [2.45, 2.75) is 12.5 Å². The summed E-state index contributed by atoms with van der Waals surface area (Å²) >= 11 is 0. The molecule has 0 radical (unpaired) electrons. The van der Waals surface area contributed by atoms with E-state index in [2.05, 4.69) is 34.5 Å². The van der Waals surface area contributed by atoms with E-state index in [1.165, 1.54) is 5.56 Å². The monoisotopic (exact) mass is 367 g/mol. The van der Waals surface area contributed by atoms with Gasteiger partial charge >= 0.3 is 6.03 Å². The van der Waals surface area contributed by atoms with Crippen molar-refractivity contribution in [3.63, 3.8) is 0 Å². The fraction of sp³-hybridized carbons (Fsp3) is 0.409. The summed E-state index contributed by atoms with van der Waals surface area (Å²) in [6, 6.07) is 20.5. The zero-order chi connectivity index (χ0) is 18.9. The van der Waals surface area contributed by atoms with Crippen molar-refractivity contribution in [3.8, 4) is 0 Å². The Kier molecular flexibility index (Phi) is 7.25. The van der Waals surface area contributed by atoms with Crippen LogP contribution in [0.3, 0.4) is 0 Å². The Balaban J connectivity index is 1.61. The maximum Gasteiger partial charge on any atom is 0.317 e. The van der Waals surface area contributed by atoms with E-state index in [9.17, 15) is 4.79 Å². The van der Waals surface area contributed by atoms with Crippen LogP contribution in [0.1, 0.15) is 17.2 Å². The third-order valence-electron chi connectivity index (χ3n) is 5.05. The molecule has 0 saturated carbocycles. The molecule has 3 rings (SSSR count). The molecular weight excluding hydrogens is 338 g/mol. The summed E-state index contributed by atoms with van der Waals surface area (Å²) in [5, 5.41) is 3.25. The molecule has 0 bridgehead atoms. The van der Waals surface area contributed by atoms with Gasteiger partial charge in [-0.3, -0.25) is 4.90 Å². The Hall–Kier alpha value is -2.37. The molecule has 5 nitrogen and oxygen atoms in total. The summed E-state index contributed by atoms with van der Waals surface area (Å²) < 4.78 is 5.14. The number of carbonyl (C=O) groups is 1. The van der Waals surface area contributed by atoms with Gasteiger partial charge in [-0.2, -0.15) is 0 Å². The second-order valence-corrected chi connectivity index (χ2v) is 6.92. The lowest BCUT2D eigenvalue weighted by Gasteiger charge is -2.35. The minimum atomic E-state index is -0.0346. The van der Waals surface area contributed by atoms with Crippen LogP contribution in [0.4, 0.5) is 4.79 Å². The van der Waals surface area contributed by atoms with Crippen LogP contribution in [0.15, 0.2) is 60.7 Å². The largest absolute Gasteiger partial charge is 0.383 e. The number of amides is 2. The summed E-state index contributed by atoms with van der Waals surface area (Å²) in [5.41, 5.74) is 2.35. The number of benzene rings is 2. The summed E-state index contributed by atoms with van der Waals surface area (Å²) in [6.07, 6.45) is 0.782. The van der Waals surface area contributed by atoms with Gasteiger partial charge in [-0.05, 0) is 17.5 Å². The predicted octanol–water partition coefficient (Wildman–Crippen LogP) is 2.94. The average molecular weight is 367 g/mol. The number of ether oxygens (including phenoxy) is 1. The van der Waals surface area contributed by atoms with Gasteiger partial charge in [0.15, 0.2) is 0 Å². The predicted molar refractivity (Wildman–Crippen MR) is 108 cm³/mol. The third kappa shape index (κ3) is 5.81. The fourth-order valence-electron chi connectivity index (χ4n) is 3.42. The Morgan fingerprint density at radius 2 is 1.63 bits per heavy atom. The first kappa shape index (κ1) is 19.4. The van der Waals surface area contributed by atoms with Crippen molar-refractivity contribution in [1.29, 1.82) is 0 Å². The molecule has 2 aromatic rings. The third-order valence-corrected chi connectivity index (χ3v) is 5.05. The van der Waals surface area contributed by atoms with Crippen LogP contribution < -0.4 is 5.32 Å². The van der Waals surface area contributed by atoms with E-state index < -0.39 is 0 Å². The molecular formula is C22H29N3O2. The van der Waals surface area contributed by atoms with Crippen molar-refractivity contribution in [2.24, 2.45) is 0 Å². The Morgan fingerprint density at radius 3 is 2.26 bits per heavy atom. The van der Waals surface area contributed by atoms with E-state index in [4.69, 9.17) is 4.74 Å². The Labute approximate surface area is 161 Å². The van der Waals surface area contributed by atoms with E-state index in [1.54, 1.807) is 7.11 Å². The van der Waals surface area contributed by atoms with Crippen LogP contribution in [0.5, 0.6) is 0 Å². The fourth-order valence-corrected chi connectivity index (χ4v) is 3.42. The quantitative estimate of drug-likeness (QED) is 0.818. The first-order chi connectivity index (χ1) is 13.3. The van der Waals surface area contributed by atoms with Crippen LogP contribution in [-0.2, 0) is 11.2 Å². The van der Waals surface area contributed by atoms with Gasteiger partial charge in [-0.25, -0.2) is 4.79 Å². The van der Waals surface area contributed by atoms with Gasteiger partial charge in [0, 0.05) is 39.8 Å². The molecule has 144 valence electrons. The van der Waals surface area contributed by atoms with Gasteiger partial charge in [0.25, 0.3) is 0 Å². The molecule has 1 aliphatic rings. The molecule has 0 aromatic heterocycles. The van der Waals surface area contributed by atoms with Crippen molar-refractivity contribution in [2.75, 3.05) is 46.4 Å². The molecule has 0 unspecified atom stereocenters. The van der Waals surface area contributed by atoms with Crippen LogP contribution >= 0.6 is 0 Å². The highest BCUT2D eigenvalue weighted by Crippen LogP contribution is 2.19. The van der Waals surface area contributed by atoms with Gasteiger partial charge in [0.1, 0.15) is 0 Å². The molecule has 2 aromatic carbocycles. The van der Waals surface area contributed by atoms with E-state index in [-0.39, 0.29) is 12.1 Å². The number of rotatable bonds is 7. The van der Waals surface area contributed by atoms with Crippen LogP contribution in [0, 0.1) is 0 Å². The van der Waals surface area contributed by atoms with Crippen LogP contribution in [0.2, 0.25) is 0 Å². The van der Waals surface area contributed by atoms with E-state index >= 15 is 0 Å². The smallest absolute Gasteiger partial charge is 0.317 e. The van der Waals surface area contributed by atoms with Crippen molar-refractivity contribution >= 4 is 6.03 Å². The summed E-state index contributed by atoms with van der Waals surface area (Å²) in [7, 11) is 1.72. The Bertz CT molecular complexity index is 685. The standard InChI is InChI=1S/C22H29N3O2/c1-27-17-16-24-12-14-25(15-13-24)22(26)23-21(20-10-6-3-7-11-20)18-19-8-4-2-5-9-19/h2-11,21H,12-18H2,1H3,(H,23,26)/t21-/m0/s1. The van der Waals surface area contributed by atoms with Gasteiger partial charge < -0.3 is 15.0 Å². The molecule has 0 aliphatic carbocycles. The molecule has 1 saturated heterocycles. The number of methoxy groups -OCH3 is 1. The lowest BCUT2D eigenvalue weighted by Crippen LogP contribution is -2.52. The molecule has 2 amide bonds. The normalized spacial score (nSPS) is 16.1. The molecule has 5 heteroatoms. The topological polar surface area (TPSA) is 44.8 Å². The second kappa shape index (κ2) is 10.1. The van der Waals surface area contributed by atoms with Gasteiger partial charge in [0.05, 0.1) is 12.6 Å². The molecule has 1 N–H and O–H groups in total. The molecule has 27 heavy (non-hydrogen) atoms. The van der Waals surface area contributed by atoms with Gasteiger partial charge in [0.2, 0.25) is 0 Å². The number of nitrogens with one attached hydrogen (secondary N) is 1. The van der Waals surface area contributed by atoms with Crippen LogP contribution in [-0.4, -0.2) is 62.3 Å². The summed E-state index contributed by atoms with van der Waals surface area (Å²) in [6.45, 7) is 4.95.